The van der Waals surface area contributed by atoms with Crippen LogP contribution in [-0.2, 0) is 9.53 Å². The molecule has 0 aliphatic carbocycles. The number of esters is 1. The smallest absolute Gasteiger partial charge is 0.309 e. The van der Waals surface area contributed by atoms with E-state index in [9.17, 15) is 9.59 Å². The van der Waals surface area contributed by atoms with E-state index in [1.165, 1.54) is 11.3 Å². The Balaban J connectivity index is 1.62. The number of nitrogens with one attached hydrogen (secondary N) is 1. The number of thiophene rings is 1. The second-order valence-electron chi connectivity index (χ2n) is 6.91. The molecule has 0 saturated heterocycles. The van der Waals surface area contributed by atoms with E-state index < -0.39 is 12.1 Å². The summed E-state index contributed by atoms with van der Waals surface area (Å²) < 4.78 is 11.1. The average molecular weight is 401 g/mol. The molecule has 0 amide bonds. The Morgan fingerprint density at radius 1 is 1.25 bits per heavy atom. The number of H-pyrrole nitrogens is 1. The van der Waals surface area contributed by atoms with Gasteiger partial charge >= 0.3 is 5.97 Å². The Morgan fingerprint density at radius 2 is 2.00 bits per heavy atom. The van der Waals surface area contributed by atoms with Crippen LogP contribution in [-0.4, -0.2) is 22.5 Å². The number of nitrogens with zero attached hydrogens (tertiary/aromatic N) is 1. The van der Waals surface area contributed by atoms with E-state index in [1.54, 1.807) is 6.92 Å². The molecule has 2 heterocycles. The molecular formula is C21H24N2O4S. The maximum atomic E-state index is 12.4. The van der Waals surface area contributed by atoms with E-state index in [0.29, 0.717) is 16.0 Å². The highest BCUT2D eigenvalue weighted by atomic mass is 32.1. The molecule has 148 valence electrons. The number of hydrogen-bond donors (Lipinski definition) is 1. The van der Waals surface area contributed by atoms with Gasteiger partial charge in [-0.05, 0) is 57.4 Å². The predicted molar refractivity (Wildman–Crippen MR) is 110 cm³/mol. The Hall–Kier alpha value is -2.67. The highest BCUT2D eigenvalue weighted by Crippen LogP contribution is 2.27. The molecule has 0 spiro atoms. The van der Waals surface area contributed by atoms with Crippen molar-refractivity contribution in [3.63, 3.8) is 0 Å². The molecule has 3 aromatic rings. The fourth-order valence-electron chi connectivity index (χ4n) is 2.88. The van der Waals surface area contributed by atoms with Crippen molar-refractivity contribution in [1.82, 2.24) is 9.97 Å². The summed E-state index contributed by atoms with van der Waals surface area (Å²) in [6, 6.07) is 5.94. The number of hydrogen-bond acceptors (Lipinski definition) is 6. The third-order valence-corrected chi connectivity index (χ3v) is 5.76. The lowest BCUT2D eigenvalue weighted by atomic mass is 10.1. The molecular weight excluding hydrogens is 376 g/mol. The Morgan fingerprint density at radius 3 is 2.75 bits per heavy atom. The van der Waals surface area contributed by atoms with Crippen LogP contribution in [0.15, 0.2) is 23.0 Å². The van der Waals surface area contributed by atoms with Crippen molar-refractivity contribution in [1.29, 1.82) is 0 Å². The third-order valence-electron chi connectivity index (χ3n) is 4.66. The predicted octanol–water partition coefficient (Wildman–Crippen LogP) is 4.29. The van der Waals surface area contributed by atoms with Crippen LogP contribution >= 0.6 is 11.3 Å². The number of aryl methyl sites for hydroxylation is 4. The van der Waals surface area contributed by atoms with Crippen molar-refractivity contribution in [3.8, 4) is 5.75 Å². The second kappa shape index (κ2) is 8.14. The zero-order chi connectivity index (χ0) is 20.4. The van der Waals surface area contributed by atoms with Crippen molar-refractivity contribution in [3.05, 3.63) is 55.9 Å². The van der Waals surface area contributed by atoms with Gasteiger partial charge in [-0.3, -0.25) is 9.59 Å². The van der Waals surface area contributed by atoms with Crippen LogP contribution in [0, 0.1) is 27.7 Å². The van der Waals surface area contributed by atoms with Crippen LogP contribution in [0.5, 0.6) is 5.75 Å². The molecule has 0 aliphatic heterocycles. The van der Waals surface area contributed by atoms with Crippen molar-refractivity contribution < 1.29 is 14.3 Å². The molecule has 28 heavy (non-hydrogen) atoms. The average Bonchev–Trinajstić information content (AvgIpc) is 2.92. The summed E-state index contributed by atoms with van der Waals surface area (Å²) in [5.74, 6) is 0.711. The number of carbonyl (C=O) groups excluding carboxylic acids is 1. The van der Waals surface area contributed by atoms with Gasteiger partial charge < -0.3 is 14.5 Å². The van der Waals surface area contributed by atoms with Gasteiger partial charge in [0.05, 0.1) is 18.4 Å². The minimum absolute atomic E-state index is 0.113. The topological polar surface area (TPSA) is 81.3 Å². The van der Waals surface area contributed by atoms with E-state index in [0.717, 1.165) is 27.3 Å². The van der Waals surface area contributed by atoms with Crippen molar-refractivity contribution in [2.24, 2.45) is 0 Å². The molecule has 6 nitrogen and oxygen atoms in total. The standard InChI is InChI=1S/C21H24N2O4S/c1-11-6-7-12(2)16(10-11)26-9-8-17(24)27-14(4)19-22-20(25)18-13(3)15(5)28-21(18)23-19/h6-7,10,14H,8-9H2,1-5H3,(H,22,23,25). The number of benzene rings is 1. The summed E-state index contributed by atoms with van der Waals surface area (Å²) in [6.45, 7) is 9.73. The molecule has 0 saturated carbocycles. The van der Waals surface area contributed by atoms with Crippen LogP contribution in [0.4, 0.5) is 0 Å². The lowest BCUT2D eigenvalue weighted by Gasteiger charge is -2.13. The summed E-state index contributed by atoms with van der Waals surface area (Å²) in [5.41, 5.74) is 2.85. The number of fused-ring (bicyclic) bond motifs is 1. The highest BCUT2D eigenvalue weighted by Gasteiger charge is 2.18. The molecule has 1 atom stereocenters. The molecule has 2 aromatic heterocycles. The van der Waals surface area contributed by atoms with Gasteiger partial charge in [0, 0.05) is 4.88 Å². The van der Waals surface area contributed by atoms with Crippen LogP contribution < -0.4 is 10.3 Å². The lowest BCUT2D eigenvalue weighted by Crippen LogP contribution is -2.18. The SMILES string of the molecule is Cc1ccc(C)c(OCCC(=O)OC(C)c2nc3sc(C)c(C)c3c(=O)[nH]2)c1. The van der Waals surface area contributed by atoms with Gasteiger partial charge in [0.1, 0.15) is 10.6 Å². The largest absolute Gasteiger partial charge is 0.493 e. The summed E-state index contributed by atoms with van der Waals surface area (Å²) in [4.78, 5) is 33.4. The lowest BCUT2D eigenvalue weighted by molar-refractivity contribution is -0.149. The molecule has 0 fully saturated rings. The van der Waals surface area contributed by atoms with Gasteiger partial charge in [0.25, 0.3) is 5.56 Å². The van der Waals surface area contributed by atoms with Crippen molar-refractivity contribution in [2.45, 2.75) is 47.1 Å². The normalized spacial score (nSPS) is 12.2. The summed E-state index contributed by atoms with van der Waals surface area (Å²) in [6.07, 6.45) is -0.533. The first-order valence-electron chi connectivity index (χ1n) is 9.15. The monoisotopic (exact) mass is 400 g/mol. The molecule has 0 bridgehead atoms. The number of aromatic nitrogens is 2. The molecule has 7 heteroatoms. The molecule has 1 unspecified atom stereocenters. The second-order valence-corrected chi connectivity index (χ2v) is 8.12. The third kappa shape index (κ3) is 4.25. The highest BCUT2D eigenvalue weighted by molar-refractivity contribution is 7.18. The Bertz CT molecular complexity index is 1080. The van der Waals surface area contributed by atoms with Crippen LogP contribution in [0.2, 0.25) is 0 Å². The van der Waals surface area contributed by atoms with Crippen molar-refractivity contribution >= 4 is 27.5 Å². The zero-order valence-electron chi connectivity index (χ0n) is 16.7. The number of aromatic amines is 1. The Kier molecular flexibility index (Phi) is 5.84. The van der Waals surface area contributed by atoms with E-state index >= 15 is 0 Å². The van der Waals surface area contributed by atoms with E-state index in [2.05, 4.69) is 9.97 Å². The van der Waals surface area contributed by atoms with Crippen LogP contribution in [0.25, 0.3) is 10.2 Å². The van der Waals surface area contributed by atoms with Gasteiger partial charge in [-0.1, -0.05) is 12.1 Å². The van der Waals surface area contributed by atoms with Crippen LogP contribution in [0.3, 0.4) is 0 Å². The van der Waals surface area contributed by atoms with Gasteiger partial charge in [0.2, 0.25) is 0 Å². The molecule has 3 rings (SSSR count). The minimum atomic E-state index is -0.645. The number of rotatable bonds is 6. The maximum absolute atomic E-state index is 12.4. The van der Waals surface area contributed by atoms with E-state index in [1.807, 2.05) is 45.9 Å². The van der Waals surface area contributed by atoms with Gasteiger partial charge in [-0.25, -0.2) is 4.98 Å². The first-order valence-corrected chi connectivity index (χ1v) is 9.97. The van der Waals surface area contributed by atoms with Crippen LogP contribution in [0.1, 0.15) is 46.8 Å². The summed E-state index contributed by atoms with van der Waals surface area (Å²) in [5, 5.41) is 0.603. The molecule has 0 radical (unpaired) electrons. The van der Waals surface area contributed by atoms with E-state index in [4.69, 9.17) is 9.47 Å². The number of carbonyl (C=O) groups is 1. The zero-order valence-corrected chi connectivity index (χ0v) is 17.5. The van der Waals surface area contributed by atoms with Gasteiger partial charge in [-0.2, -0.15) is 0 Å². The molecule has 1 aromatic carbocycles. The molecule has 0 aliphatic rings. The quantitative estimate of drug-likeness (QED) is 0.624. The minimum Gasteiger partial charge on any atom is -0.493 e. The summed E-state index contributed by atoms with van der Waals surface area (Å²) >= 11 is 1.47. The van der Waals surface area contributed by atoms with E-state index in [-0.39, 0.29) is 18.6 Å². The maximum Gasteiger partial charge on any atom is 0.309 e. The van der Waals surface area contributed by atoms with Gasteiger partial charge in [0.15, 0.2) is 11.9 Å². The summed E-state index contributed by atoms with van der Waals surface area (Å²) in [7, 11) is 0. The fourth-order valence-corrected chi connectivity index (χ4v) is 3.92. The molecule has 1 N–H and O–H groups in total. The first-order chi connectivity index (χ1) is 13.3. The Labute approximate surface area is 167 Å². The number of ether oxygens (including phenoxy) is 2. The first kappa shape index (κ1) is 20.1. The van der Waals surface area contributed by atoms with Crippen molar-refractivity contribution in [2.75, 3.05) is 6.61 Å². The van der Waals surface area contributed by atoms with Gasteiger partial charge in [-0.15, -0.1) is 11.3 Å². The fraction of sp³-hybridized carbons (Fsp3) is 0.381.